The maximum atomic E-state index is 13.8. The van der Waals surface area contributed by atoms with E-state index in [2.05, 4.69) is 5.32 Å². The Hall–Kier alpha value is -2.01. The van der Waals surface area contributed by atoms with Crippen LogP contribution in [0.15, 0.2) is 30.3 Å². The lowest BCUT2D eigenvalue weighted by Gasteiger charge is -2.13. The zero-order valence-electron chi connectivity index (χ0n) is 11.4. The van der Waals surface area contributed by atoms with Crippen LogP contribution in [0.4, 0.5) is 25.8 Å². The Morgan fingerprint density at radius 3 is 2.62 bits per heavy atom. The lowest BCUT2D eigenvalue weighted by Crippen LogP contribution is -2.00. The molecule has 3 nitrogen and oxygen atoms in total. The molecule has 2 aromatic carbocycles. The van der Waals surface area contributed by atoms with E-state index in [1.54, 1.807) is 18.2 Å². The maximum Gasteiger partial charge on any atom is 0.151 e. The van der Waals surface area contributed by atoms with Crippen LogP contribution in [-0.2, 0) is 0 Å². The fourth-order valence-corrected chi connectivity index (χ4v) is 2.05. The van der Waals surface area contributed by atoms with Gasteiger partial charge in [0.25, 0.3) is 0 Å². The third-order valence-corrected chi connectivity index (χ3v) is 2.98. The number of nitrogens with one attached hydrogen (secondary N) is 1. The summed E-state index contributed by atoms with van der Waals surface area (Å²) >= 11 is 5.84. The summed E-state index contributed by atoms with van der Waals surface area (Å²) in [6.07, 6.45) is 0.857. The Bertz CT molecular complexity index is 627. The Morgan fingerprint density at radius 1 is 1.19 bits per heavy atom. The third-order valence-electron chi connectivity index (χ3n) is 2.68. The summed E-state index contributed by atoms with van der Waals surface area (Å²) in [7, 11) is 0. The van der Waals surface area contributed by atoms with E-state index in [1.165, 1.54) is 0 Å². The molecule has 0 aliphatic heterocycles. The summed E-state index contributed by atoms with van der Waals surface area (Å²) < 4.78 is 32.3. The predicted molar refractivity (Wildman–Crippen MR) is 81.3 cm³/mol. The number of halogens is 3. The van der Waals surface area contributed by atoms with Crippen LogP contribution < -0.4 is 15.8 Å². The minimum Gasteiger partial charge on any atom is -0.493 e. The quantitative estimate of drug-likeness (QED) is 0.784. The van der Waals surface area contributed by atoms with Crippen molar-refractivity contribution in [1.29, 1.82) is 0 Å². The normalized spacial score (nSPS) is 10.5. The first-order valence-electron chi connectivity index (χ1n) is 6.44. The molecule has 2 aromatic rings. The van der Waals surface area contributed by atoms with E-state index in [9.17, 15) is 8.78 Å². The number of nitrogen functional groups attached to an aromatic ring is 1. The van der Waals surface area contributed by atoms with Crippen LogP contribution in [0.3, 0.4) is 0 Å². The van der Waals surface area contributed by atoms with Gasteiger partial charge in [-0.25, -0.2) is 8.78 Å². The lowest BCUT2D eigenvalue weighted by atomic mass is 10.2. The van der Waals surface area contributed by atoms with E-state index in [1.807, 2.05) is 6.92 Å². The van der Waals surface area contributed by atoms with Gasteiger partial charge in [-0.3, -0.25) is 0 Å². The van der Waals surface area contributed by atoms with Crippen molar-refractivity contribution >= 4 is 28.7 Å². The molecule has 0 saturated heterocycles. The highest BCUT2D eigenvalue weighted by molar-refractivity contribution is 6.33. The van der Waals surface area contributed by atoms with Gasteiger partial charge in [-0.05, 0) is 18.6 Å². The lowest BCUT2D eigenvalue weighted by molar-refractivity contribution is 0.318. The van der Waals surface area contributed by atoms with Gasteiger partial charge in [-0.2, -0.15) is 0 Å². The zero-order valence-corrected chi connectivity index (χ0v) is 12.2. The van der Waals surface area contributed by atoms with Crippen LogP contribution in [0.1, 0.15) is 13.3 Å². The number of ether oxygens (including phenoxy) is 1. The summed E-state index contributed by atoms with van der Waals surface area (Å²) in [6.45, 7) is 2.54. The number of hydrogen-bond donors (Lipinski definition) is 2. The summed E-state index contributed by atoms with van der Waals surface area (Å²) in [5.41, 5.74) is 6.74. The highest BCUT2D eigenvalue weighted by Crippen LogP contribution is 2.31. The summed E-state index contributed by atoms with van der Waals surface area (Å²) in [4.78, 5) is 0. The number of nitrogens with two attached hydrogens (primary N) is 1. The molecule has 0 heterocycles. The van der Waals surface area contributed by atoms with E-state index in [-0.39, 0.29) is 10.7 Å². The molecule has 0 fully saturated rings. The van der Waals surface area contributed by atoms with Crippen molar-refractivity contribution in [1.82, 2.24) is 0 Å². The first-order chi connectivity index (χ1) is 9.99. The van der Waals surface area contributed by atoms with E-state index in [0.29, 0.717) is 23.7 Å². The van der Waals surface area contributed by atoms with Crippen LogP contribution in [0.5, 0.6) is 5.75 Å². The Balaban J connectivity index is 2.29. The van der Waals surface area contributed by atoms with Gasteiger partial charge in [0.1, 0.15) is 11.6 Å². The molecule has 0 unspecified atom stereocenters. The fraction of sp³-hybridized carbons (Fsp3) is 0.200. The van der Waals surface area contributed by atoms with Crippen LogP contribution in [0.25, 0.3) is 0 Å². The van der Waals surface area contributed by atoms with Crippen LogP contribution in [0.2, 0.25) is 5.02 Å². The molecular formula is C15H15ClF2N2O. The monoisotopic (exact) mass is 312 g/mol. The third kappa shape index (κ3) is 3.98. The van der Waals surface area contributed by atoms with Crippen molar-refractivity contribution < 1.29 is 13.5 Å². The second-order valence-electron chi connectivity index (χ2n) is 4.51. The standard InChI is InChI=1S/C15H15ClF2N2O/c1-2-3-21-12-7-10(19)6-11(8-12)20-15-13(16)4-9(17)5-14(15)18/h4-8,20H,2-3,19H2,1H3. The minimum atomic E-state index is -0.779. The topological polar surface area (TPSA) is 47.3 Å². The van der Waals surface area contributed by atoms with Crippen molar-refractivity contribution in [2.45, 2.75) is 13.3 Å². The van der Waals surface area contributed by atoms with E-state index in [4.69, 9.17) is 22.1 Å². The first kappa shape index (κ1) is 15.4. The highest BCUT2D eigenvalue weighted by Gasteiger charge is 2.11. The van der Waals surface area contributed by atoms with Crippen molar-refractivity contribution in [3.63, 3.8) is 0 Å². The molecule has 0 amide bonds. The van der Waals surface area contributed by atoms with Crippen molar-refractivity contribution in [2.24, 2.45) is 0 Å². The first-order valence-corrected chi connectivity index (χ1v) is 6.82. The molecule has 0 aromatic heterocycles. The number of anilines is 3. The largest absolute Gasteiger partial charge is 0.493 e. The fourth-order valence-electron chi connectivity index (χ4n) is 1.80. The van der Waals surface area contributed by atoms with Gasteiger partial charge in [0, 0.05) is 29.6 Å². The number of benzene rings is 2. The molecule has 0 aliphatic carbocycles. The SMILES string of the molecule is CCCOc1cc(N)cc(Nc2c(F)cc(F)cc2Cl)c1. The smallest absolute Gasteiger partial charge is 0.151 e. The van der Waals surface area contributed by atoms with E-state index in [0.717, 1.165) is 18.6 Å². The van der Waals surface area contributed by atoms with Gasteiger partial charge in [0.05, 0.1) is 17.3 Å². The number of rotatable bonds is 5. The van der Waals surface area contributed by atoms with Gasteiger partial charge in [0.15, 0.2) is 5.82 Å². The van der Waals surface area contributed by atoms with Crippen molar-refractivity contribution in [3.05, 3.63) is 47.0 Å². The zero-order chi connectivity index (χ0) is 15.4. The molecule has 0 aliphatic rings. The Labute approximate surface area is 126 Å². The van der Waals surface area contributed by atoms with Gasteiger partial charge in [-0.1, -0.05) is 18.5 Å². The second kappa shape index (κ2) is 6.63. The molecule has 0 atom stereocenters. The molecule has 21 heavy (non-hydrogen) atoms. The maximum absolute atomic E-state index is 13.8. The predicted octanol–water partition coefficient (Wildman–Crippen LogP) is 4.73. The van der Waals surface area contributed by atoms with Gasteiger partial charge >= 0.3 is 0 Å². The molecule has 6 heteroatoms. The average Bonchev–Trinajstić information content (AvgIpc) is 2.40. The van der Waals surface area contributed by atoms with Crippen LogP contribution >= 0.6 is 11.6 Å². The number of hydrogen-bond acceptors (Lipinski definition) is 3. The molecule has 112 valence electrons. The highest BCUT2D eigenvalue weighted by atomic mass is 35.5. The minimum absolute atomic E-state index is 0.00916. The van der Waals surface area contributed by atoms with Gasteiger partial charge in [-0.15, -0.1) is 0 Å². The van der Waals surface area contributed by atoms with Crippen molar-refractivity contribution in [2.75, 3.05) is 17.7 Å². The Morgan fingerprint density at radius 2 is 1.95 bits per heavy atom. The van der Waals surface area contributed by atoms with Crippen LogP contribution in [-0.4, -0.2) is 6.61 Å². The van der Waals surface area contributed by atoms with Gasteiger partial charge in [0.2, 0.25) is 0 Å². The molecule has 0 radical (unpaired) electrons. The van der Waals surface area contributed by atoms with E-state index >= 15 is 0 Å². The molecule has 0 saturated carbocycles. The second-order valence-corrected chi connectivity index (χ2v) is 4.92. The van der Waals surface area contributed by atoms with Gasteiger partial charge < -0.3 is 15.8 Å². The van der Waals surface area contributed by atoms with Crippen molar-refractivity contribution in [3.8, 4) is 5.75 Å². The van der Waals surface area contributed by atoms with Crippen LogP contribution in [0, 0.1) is 11.6 Å². The summed E-state index contributed by atoms with van der Waals surface area (Å²) in [5.74, 6) is -0.945. The molecule has 3 N–H and O–H groups in total. The molecule has 2 rings (SSSR count). The molecule has 0 bridgehead atoms. The summed E-state index contributed by atoms with van der Waals surface area (Å²) in [6, 6.07) is 6.75. The van der Waals surface area contributed by atoms with E-state index < -0.39 is 11.6 Å². The molecule has 0 spiro atoms. The molecular weight excluding hydrogens is 298 g/mol. The summed E-state index contributed by atoms with van der Waals surface area (Å²) in [5, 5.41) is 2.74. The average molecular weight is 313 g/mol. The Kier molecular flexibility index (Phi) is 4.85.